The molecule has 0 aromatic rings. The average Bonchev–Trinajstić information content (AvgIpc) is 3.40. The van der Waals surface area contributed by atoms with Crippen LogP contribution in [-0.2, 0) is 24.3 Å². The standard InChI is InChI=1S/C17H29N5O7S/c23-16(15-4-3-14-10-21(15)17(24)22(14)29-30(25,26)27)19-28-11-13-7-12(8-18-13)9-20-5-1-2-6-20/h12-15,18H,1-11H2,(H,19,23)(H,25,26,27)/t12-,13+,14?,15?/m0/s1. The highest BCUT2D eigenvalue weighted by Gasteiger charge is 2.49. The number of rotatable bonds is 8. The molecule has 3 N–H and O–H groups in total. The quantitative estimate of drug-likeness (QED) is 0.319. The second-order valence-electron chi connectivity index (χ2n) is 8.50. The molecule has 4 aliphatic heterocycles. The Bertz CT molecular complexity index is 760. The summed E-state index contributed by atoms with van der Waals surface area (Å²) in [6.45, 7) is 4.88. The van der Waals surface area contributed by atoms with Crippen LogP contribution in [0.3, 0.4) is 0 Å². The third-order valence-electron chi connectivity index (χ3n) is 6.29. The van der Waals surface area contributed by atoms with Crippen molar-refractivity contribution in [2.45, 2.75) is 50.2 Å². The first-order chi connectivity index (χ1) is 14.3. The third kappa shape index (κ3) is 5.03. The predicted octanol–water partition coefficient (Wildman–Crippen LogP) is -0.889. The SMILES string of the molecule is O=C(NOC[C@H]1C[C@H](CN2CCCC2)CN1)C1CCC2CN1C(=O)N2OS(=O)(=O)O. The molecule has 170 valence electrons. The number of carbonyl (C=O) groups excluding carboxylic acids is 2. The molecule has 4 heterocycles. The second kappa shape index (κ2) is 8.93. The third-order valence-corrected chi connectivity index (χ3v) is 6.63. The van der Waals surface area contributed by atoms with Gasteiger partial charge >= 0.3 is 16.4 Å². The Kier molecular flexibility index (Phi) is 6.46. The van der Waals surface area contributed by atoms with Gasteiger partial charge in [0, 0.05) is 19.1 Å². The molecular formula is C17H29N5O7S. The van der Waals surface area contributed by atoms with E-state index in [0.717, 1.165) is 19.5 Å². The number of amides is 3. The van der Waals surface area contributed by atoms with Crippen LogP contribution in [-0.4, -0.2) is 97.2 Å². The topological polar surface area (TPSA) is 141 Å². The van der Waals surface area contributed by atoms with Gasteiger partial charge in [0.05, 0.1) is 12.6 Å². The Morgan fingerprint density at radius 1 is 1.27 bits per heavy atom. The van der Waals surface area contributed by atoms with Crippen molar-refractivity contribution in [2.24, 2.45) is 5.92 Å². The van der Waals surface area contributed by atoms with Crippen molar-refractivity contribution in [2.75, 3.05) is 39.3 Å². The summed E-state index contributed by atoms with van der Waals surface area (Å²) in [5, 5.41) is 4.04. The van der Waals surface area contributed by atoms with E-state index in [4.69, 9.17) is 9.39 Å². The van der Waals surface area contributed by atoms with Crippen molar-refractivity contribution in [1.29, 1.82) is 0 Å². The van der Waals surface area contributed by atoms with E-state index in [2.05, 4.69) is 20.0 Å². The number of carbonyl (C=O) groups is 2. The average molecular weight is 448 g/mol. The number of nitrogens with one attached hydrogen (secondary N) is 2. The lowest BCUT2D eigenvalue weighted by molar-refractivity contribution is -0.139. The maximum atomic E-state index is 12.5. The molecule has 4 atom stereocenters. The second-order valence-corrected chi connectivity index (χ2v) is 9.51. The number of hydrogen-bond donors (Lipinski definition) is 3. The zero-order valence-corrected chi connectivity index (χ0v) is 17.6. The van der Waals surface area contributed by atoms with Gasteiger partial charge in [-0.3, -0.25) is 14.2 Å². The molecule has 4 aliphatic rings. The van der Waals surface area contributed by atoms with Crippen molar-refractivity contribution < 1.29 is 31.7 Å². The normalized spacial score (nSPS) is 32.2. The molecule has 30 heavy (non-hydrogen) atoms. The molecule has 0 aromatic carbocycles. The van der Waals surface area contributed by atoms with Gasteiger partial charge in [0.25, 0.3) is 5.91 Å². The van der Waals surface area contributed by atoms with Crippen molar-refractivity contribution in [1.82, 2.24) is 25.7 Å². The van der Waals surface area contributed by atoms with E-state index in [1.165, 1.54) is 30.8 Å². The number of piperidine rings is 1. The van der Waals surface area contributed by atoms with Crippen LogP contribution < -0.4 is 10.8 Å². The molecule has 2 unspecified atom stereocenters. The van der Waals surface area contributed by atoms with Gasteiger partial charge in [-0.25, -0.2) is 10.3 Å². The highest BCUT2D eigenvalue weighted by molar-refractivity contribution is 7.80. The zero-order chi connectivity index (χ0) is 21.3. The number of likely N-dealkylation sites (tertiary alicyclic amines) is 1. The fourth-order valence-corrected chi connectivity index (χ4v) is 5.27. The minimum Gasteiger partial charge on any atom is -0.311 e. The van der Waals surface area contributed by atoms with E-state index in [9.17, 15) is 18.0 Å². The Balaban J connectivity index is 1.20. The summed E-state index contributed by atoms with van der Waals surface area (Å²) in [6.07, 6.45) is 4.26. The van der Waals surface area contributed by atoms with Crippen LogP contribution in [0.25, 0.3) is 0 Å². The maximum absolute atomic E-state index is 12.5. The van der Waals surface area contributed by atoms with Crippen LogP contribution in [0.5, 0.6) is 0 Å². The maximum Gasteiger partial charge on any atom is 0.418 e. The fraction of sp³-hybridized carbons (Fsp3) is 0.882. The molecule has 4 fully saturated rings. The van der Waals surface area contributed by atoms with E-state index in [-0.39, 0.29) is 12.6 Å². The number of hydrogen-bond acceptors (Lipinski definition) is 8. The number of fused-ring (bicyclic) bond motifs is 2. The minimum absolute atomic E-state index is 0.148. The van der Waals surface area contributed by atoms with Crippen molar-refractivity contribution >= 4 is 22.3 Å². The van der Waals surface area contributed by atoms with Crippen LogP contribution in [0.15, 0.2) is 0 Å². The summed E-state index contributed by atoms with van der Waals surface area (Å²) in [4.78, 5) is 34.0. The Morgan fingerprint density at radius 3 is 2.77 bits per heavy atom. The number of urea groups is 1. The van der Waals surface area contributed by atoms with Gasteiger partial charge in [0.1, 0.15) is 6.04 Å². The Hall–Kier alpha value is -1.51. The van der Waals surface area contributed by atoms with Gasteiger partial charge < -0.3 is 15.1 Å². The van der Waals surface area contributed by atoms with Crippen LogP contribution >= 0.6 is 0 Å². The van der Waals surface area contributed by atoms with Gasteiger partial charge in [0.15, 0.2) is 0 Å². The number of hydroxylamine groups is 3. The molecule has 2 bridgehead atoms. The Morgan fingerprint density at radius 2 is 2.03 bits per heavy atom. The van der Waals surface area contributed by atoms with Gasteiger partial charge in [-0.15, -0.1) is 4.28 Å². The van der Waals surface area contributed by atoms with Crippen LogP contribution in [0, 0.1) is 5.92 Å². The number of nitrogens with zero attached hydrogens (tertiary/aromatic N) is 3. The molecule has 0 aromatic heterocycles. The van der Waals surface area contributed by atoms with Crippen LogP contribution in [0.2, 0.25) is 0 Å². The molecule has 0 radical (unpaired) electrons. The van der Waals surface area contributed by atoms with Crippen molar-refractivity contribution in [3.63, 3.8) is 0 Å². The fourth-order valence-electron chi connectivity index (χ4n) is 4.88. The first kappa shape index (κ1) is 21.7. The largest absolute Gasteiger partial charge is 0.418 e. The summed E-state index contributed by atoms with van der Waals surface area (Å²) < 4.78 is 35.1. The van der Waals surface area contributed by atoms with Gasteiger partial charge in [-0.2, -0.15) is 13.5 Å². The first-order valence-electron chi connectivity index (χ1n) is 10.4. The highest BCUT2D eigenvalue weighted by atomic mass is 32.3. The molecular weight excluding hydrogens is 418 g/mol. The van der Waals surface area contributed by atoms with Crippen molar-refractivity contribution in [3.05, 3.63) is 0 Å². The van der Waals surface area contributed by atoms with E-state index < -0.39 is 34.4 Å². The van der Waals surface area contributed by atoms with E-state index >= 15 is 0 Å². The molecule has 0 saturated carbocycles. The van der Waals surface area contributed by atoms with Gasteiger partial charge in [-0.05, 0) is 57.7 Å². The van der Waals surface area contributed by atoms with E-state index in [1.807, 2.05) is 0 Å². The molecule has 13 heteroatoms. The summed E-state index contributed by atoms with van der Waals surface area (Å²) in [7, 11) is -4.81. The van der Waals surface area contributed by atoms with Crippen molar-refractivity contribution in [3.8, 4) is 0 Å². The lowest BCUT2D eigenvalue weighted by atomic mass is 10.0. The lowest BCUT2D eigenvalue weighted by Gasteiger charge is -2.29. The predicted molar refractivity (Wildman–Crippen MR) is 103 cm³/mol. The van der Waals surface area contributed by atoms with Crippen LogP contribution in [0.4, 0.5) is 4.79 Å². The summed E-state index contributed by atoms with van der Waals surface area (Å²) in [6, 6.07) is -1.90. The monoisotopic (exact) mass is 447 g/mol. The minimum atomic E-state index is -4.81. The molecule has 0 aliphatic carbocycles. The molecule has 3 amide bonds. The van der Waals surface area contributed by atoms with E-state index in [0.29, 0.717) is 30.4 Å². The zero-order valence-electron chi connectivity index (χ0n) is 16.7. The summed E-state index contributed by atoms with van der Waals surface area (Å²) in [5.74, 6) is 0.126. The smallest absolute Gasteiger partial charge is 0.311 e. The molecule has 4 saturated heterocycles. The van der Waals surface area contributed by atoms with Gasteiger partial charge in [0.2, 0.25) is 0 Å². The molecule has 12 nitrogen and oxygen atoms in total. The molecule has 0 spiro atoms. The Labute approximate surface area is 175 Å². The van der Waals surface area contributed by atoms with Crippen LogP contribution in [0.1, 0.15) is 32.1 Å². The van der Waals surface area contributed by atoms with Gasteiger partial charge in [-0.1, -0.05) is 0 Å². The highest BCUT2D eigenvalue weighted by Crippen LogP contribution is 2.30. The lowest BCUT2D eigenvalue weighted by Crippen LogP contribution is -2.50. The summed E-state index contributed by atoms with van der Waals surface area (Å²) >= 11 is 0. The summed E-state index contributed by atoms with van der Waals surface area (Å²) in [5.41, 5.74) is 2.42. The first-order valence-corrected chi connectivity index (χ1v) is 11.8. The van der Waals surface area contributed by atoms with E-state index in [1.54, 1.807) is 0 Å². The molecule has 4 rings (SSSR count).